The minimum absolute atomic E-state index is 0.245. The van der Waals surface area contributed by atoms with Gasteiger partial charge in [-0.3, -0.25) is 0 Å². The topological polar surface area (TPSA) is 12.0 Å². The van der Waals surface area contributed by atoms with Crippen molar-refractivity contribution in [2.75, 3.05) is 18.1 Å². The molecule has 1 atom stereocenters. The molecule has 0 aliphatic heterocycles. The third-order valence-corrected chi connectivity index (χ3v) is 3.73. The molecule has 0 heterocycles. The fourth-order valence-corrected chi connectivity index (χ4v) is 2.51. The van der Waals surface area contributed by atoms with Gasteiger partial charge in [-0.15, -0.1) is 0 Å². The van der Waals surface area contributed by atoms with E-state index < -0.39 is 11.6 Å². The number of benzene rings is 1. The van der Waals surface area contributed by atoms with Crippen LogP contribution in [0.4, 0.5) is 8.78 Å². The van der Waals surface area contributed by atoms with Crippen LogP contribution in [0.3, 0.4) is 0 Å². The van der Waals surface area contributed by atoms with Crippen molar-refractivity contribution >= 4 is 11.8 Å². The summed E-state index contributed by atoms with van der Waals surface area (Å²) in [7, 11) is 0. The summed E-state index contributed by atoms with van der Waals surface area (Å²) in [6.07, 6.45) is 1.66. The lowest BCUT2D eigenvalue weighted by atomic mass is 10.1. The number of thioether (sulfide) groups is 1. The first-order valence-electron chi connectivity index (χ1n) is 6.42. The monoisotopic (exact) mass is 273 g/mol. The van der Waals surface area contributed by atoms with Crippen molar-refractivity contribution in [2.24, 2.45) is 0 Å². The number of rotatable bonds is 8. The van der Waals surface area contributed by atoms with E-state index in [0.717, 1.165) is 30.5 Å². The summed E-state index contributed by atoms with van der Waals surface area (Å²) in [4.78, 5) is 0. The molecule has 4 heteroatoms. The summed E-state index contributed by atoms with van der Waals surface area (Å²) in [5, 5.41) is 3.41. The summed E-state index contributed by atoms with van der Waals surface area (Å²) in [6, 6.07) is 4.07. The molecule has 0 aliphatic rings. The summed E-state index contributed by atoms with van der Waals surface area (Å²) < 4.78 is 26.4. The molecule has 1 rings (SSSR count). The van der Waals surface area contributed by atoms with Crippen LogP contribution < -0.4 is 5.32 Å². The van der Waals surface area contributed by atoms with Crippen LogP contribution in [0.15, 0.2) is 18.2 Å². The third kappa shape index (κ3) is 5.36. The van der Waals surface area contributed by atoms with Crippen LogP contribution in [0.25, 0.3) is 0 Å². The number of halogens is 2. The Morgan fingerprint density at radius 3 is 2.67 bits per heavy atom. The Balaban J connectivity index is 2.62. The Hall–Kier alpha value is -0.610. The van der Waals surface area contributed by atoms with Gasteiger partial charge in [0.1, 0.15) is 11.6 Å². The zero-order valence-electron chi connectivity index (χ0n) is 11.0. The fraction of sp³-hybridized carbons (Fsp3) is 0.571. The van der Waals surface area contributed by atoms with Crippen molar-refractivity contribution in [1.29, 1.82) is 0 Å². The lowest BCUT2D eigenvalue weighted by Gasteiger charge is -2.18. The zero-order chi connectivity index (χ0) is 13.4. The average Bonchev–Trinajstić information content (AvgIpc) is 2.35. The first-order valence-corrected chi connectivity index (χ1v) is 7.57. The van der Waals surface area contributed by atoms with E-state index in [1.54, 1.807) is 6.07 Å². The molecule has 0 fully saturated rings. The highest BCUT2D eigenvalue weighted by Gasteiger charge is 2.12. The van der Waals surface area contributed by atoms with Crippen molar-refractivity contribution in [3.8, 4) is 0 Å². The average molecular weight is 273 g/mol. The van der Waals surface area contributed by atoms with Crippen molar-refractivity contribution in [3.63, 3.8) is 0 Å². The highest BCUT2D eigenvalue weighted by atomic mass is 32.2. The van der Waals surface area contributed by atoms with Gasteiger partial charge in [-0.25, -0.2) is 8.78 Å². The normalized spacial score (nSPS) is 12.7. The molecule has 0 aromatic heterocycles. The van der Waals surface area contributed by atoms with Gasteiger partial charge in [0.2, 0.25) is 0 Å². The largest absolute Gasteiger partial charge is 0.313 e. The van der Waals surface area contributed by atoms with Crippen molar-refractivity contribution in [3.05, 3.63) is 35.4 Å². The van der Waals surface area contributed by atoms with Gasteiger partial charge in [0, 0.05) is 17.9 Å². The smallest absolute Gasteiger partial charge is 0.129 e. The molecule has 1 aromatic rings. The molecule has 0 saturated carbocycles. The van der Waals surface area contributed by atoms with Gasteiger partial charge >= 0.3 is 0 Å². The molecule has 0 aliphatic carbocycles. The van der Waals surface area contributed by atoms with E-state index >= 15 is 0 Å². The van der Waals surface area contributed by atoms with Crippen LogP contribution in [0.5, 0.6) is 0 Å². The second kappa shape index (κ2) is 8.48. The Kier molecular flexibility index (Phi) is 7.28. The van der Waals surface area contributed by atoms with E-state index in [2.05, 4.69) is 19.2 Å². The summed E-state index contributed by atoms with van der Waals surface area (Å²) in [5.74, 6) is 1.04. The maximum atomic E-state index is 13.6. The predicted octanol–water partition coefficient (Wildman–Crippen LogP) is 3.63. The molecular weight excluding hydrogens is 252 g/mol. The van der Waals surface area contributed by atoms with E-state index in [-0.39, 0.29) is 6.04 Å². The van der Waals surface area contributed by atoms with E-state index in [1.165, 1.54) is 6.07 Å². The lowest BCUT2D eigenvalue weighted by molar-refractivity contribution is 0.524. The van der Waals surface area contributed by atoms with Gasteiger partial charge < -0.3 is 5.32 Å². The Bertz CT molecular complexity index is 350. The number of hydrogen-bond acceptors (Lipinski definition) is 2. The molecule has 1 aromatic carbocycles. The second-order valence-corrected chi connectivity index (χ2v) is 5.57. The van der Waals surface area contributed by atoms with Crippen LogP contribution in [-0.2, 0) is 6.42 Å². The molecule has 1 N–H and O–H groups in total. The van der Waals surface area contributed by atoms with Gasteiger partial charge in [-0.1, -0.05) is 19.9 Å². The Morgan fingerprint density at radius 1 is 1.28 bits per heavy atom. The van der Waals surface area contributed by atoms with Gasteiger partial charge in [-0.05, 0) is 36.8 Å². The minimum Gasteiger partial charge on any atom is -0.313 e. The first-order chi connectivity index (χ1) is 8.67. The summed E-state index contributed by atoms with van der Waals surface area (Å²) in [5.41, 5.74) is 0.585. The van der Waals surface area contributed by atoms with Crippen LogP contribution >= 0.6 is 11.8 Å². The standard InChI is InChI=1S/C14H21F2NS/c1-3-7-17-13(10-18-4-2)8-11-5-6-12(15)9-14(11)16/h5-6,9,13,17H,3-4,7-8,10H2,1-2H3. The highest BCUT2D eigenvalue weighted by Crippen LogP contribution is 2.14. The van der Waals surface area contributed by atoms with Crippen LogP contribution in [0, 0.1) is 11.6 Å². The Labute approximate surface area is 112 Å². The quantitative estimate of drug-likeness (QED) is 0.776. The predicted molar refractivity (Wildman–Crippen MR) is 75.1 cm³/mol. The minimum atomic E-state index is -0.516. The molecule has 0 radical (unpaired) electrons. The molecular formula is C14H21F2NS. The van der Waals surface area contributed by atoms with Gasteiger partial charge in [-0.2, -0.15) is 11.8 Å². The number of nitrogens with one attached hydrogen (secondary N) is 1. The third-order valence-electron chi connectivity index (χ3n) is 2.69. The van der Waals surface area contributed by atoms with E-state index in [4.69, 9.17) is 0 Å². The molecule has 102 valence electrons. The van der Waals surface area contributed by atoms with E-state index in [1.807, 2.05) is 11.8 Å². The molecule has 0 saturated heterocycles. The summed E-state index contributed by atoms with van der Waals surface area (Å²) in [6.45, 7) is 5.15. The van der Waals surface area contributed by atoms with E-state index in [0.29, 0.717) is 12.0 Å². The van der Waals surface area contributed by atoms with Crippen LogP contribution in [0.1, 0.15) is 25.8 Å². The maximum Gasteiger partial charge on any atom is 0.129 e. The van der Waals surface area contributed by atoms with Crippen molar-refractivity contribution < 1.29 is 8.78 Å². The number of hydrogen-bond donors (Lipinski definition) is 1. The lowest BCUT2D eigenvalue weighted by Crippen LogP contribution is -2.34. The second-order valence-electron chi connectivity index (χ2n) is 4.25. The first kappa shape index (κ1) is 15.4. The van der Waals surface area contributed by atoms with Gasteiger partial charge in [0.15, 0.2) is 0 Å². The van der Waals surface area contributed by atoms with Gasteiger partial charge in [0.05, 0.1) is 0 Å². The molecule has 18 heavy (non-hydrogen) atoms. The molecule has 1 unspecified atom stereocenters. The fourth-order valence-electron chi connectivity index (χ4n) is 1.75. The molecule has 0 spiro atoms. The zero-order valence-corrected chi connectivity index (χ0v) is 11.8. The maximum absolute atomic E-state index is 13.6. The van der Waals surface area contributed by atoms with Crippen LogP contribution in [-0.4, -0.2) is 24.1 Å². The molecule has 0 amide bonds. The van der Waals surface area contributed by atoms with E-state index in [9.17, 15) is 8.78 Å². The van der Waals surface area contributed by atoms with Crippen LogP contribution in [0.2, 0.25) is 0 Å². The SMILES string of the molecule is CCCNC(CSCC)Cc1ccc(F)cc1F. The van der Waals surface area contributed by atoms with Gasteiger partial charge in [0.25, 0.3) is 0 Å². The summed E-state index contributed by atoms with van der Waals surface area (Å²) >= 11 is 1.84. The van der Waals surface area contributed by atoms with Crippen molar-refractivity contribution in [2.45, 2.75) is 32.7 Å². The molecule has 0 bridgehead atoms. The Morgan fingerprint density at radius 2 is 2.06 bits per heavy atom. The highest BCUT2D eigenvalue weighted by molar-refractivity contribution is 7.99. The molecule has 1 nitrogen and oxygen atoms in total. The van der Waals surface area contributed by atoms with Crippen molar-refractivity contribution in [1.82, 2.24) is 5.32 Å².